The molecule has 0 atom stereocenters. The summed E-state index contributed by atoms with van der Waals surface area (Å²) in [6.45, 7) is 4.33. The highest BCUT2D eigenvalue weighted by molar-refractivity contribution is 7.71. The number of benzene rings is 2. The molecule has 0 radical (unpaired) electrons. The largest absolute Gasteiger partial charge is 0.250 e. The Kier molecular flexibility index (Phi) is 5.37. The summed E-state index contributed by atoms with van der Waals surface area (Å²) in [5.41, 5.74) is 2.96. The van der Waals surface area contributed by atoms with Crippen LogP contribution in [0.25, 0.3) is 11.4 Å². The van der Waals surface area contributed by atoms with Gasteiger partial charge in [-0.15, -0.1) is 0 Å². The van der Waals surface area contributed by atoms with E-state index in [1.54, 1.807) is 29.1 Å². The van der Waals surface area contributed by atoms with E-state index in [-0.39, 0.29) is 0 Å². The highest BCUT2D eigenvalue weighted by Crippen LogP contribution is 2.29. The molecule has 4 nitrogen and oxygen atoms in total. The lowest BCUT2D eigenvalue weighted by Crippen LogP contribution is -1.96. The van der Waals surface area contributed by atoms with Crippen molar-refractivity contribution in [3.05, 3.63) is 68.4 Å². The van der Waals surface area contributed by atoms with Crippen LogP contribution in [-0.2, 0) is 0 Å². The molecule has 128 valence electrons. The van der Waals surface area contributed by atoms with Gasteiger partial charge in [0.1, 0.15) is 0 Å². The average molecular weight is 391 g/mol. The summed E-state index contributed by atoms with van der Waals surface area (Å²) in [5.74, 6) is 1.02. The first kappa shape index (κ1) is 17.9. The topological polar surface area (TPSA) is 46.0 Å². The summed E-state index contributed by atoms with van der Waals surface area (Å²) >= 11 is 17.5. The van der Waals surface area contributed by atoms with Crippen LogP contribution in [0.1, 0.15) is 30.9 Å². The zero-order chi connectivity index (χ0) is 18.0. The van der Waals surface area contributed by atoms with Crippen molar-refractivity contribution >= 4 is 41.6 Å². The molecular formula is C18H16Cl2N4S. The van der Waals surface area contributed by atoms with Crippen LogP contribution in [0.3, 0.4) is 0 Å². The maximum absolute atomic E-state index is 6.27. The van der Waals surface area contributed by atoms with Gasteiger partial charge in [0.15, 0.2) is 5.82 Å². The standard InChI is InChI=1S/C18H16Cl2N4S/c1-11(2)13-5-3-12(4-6-13)10-21-24-17(22-23-18(24)25)15-8-7-14(19)9-16(15)20/h3-11H,1-2H3,(H,23,25)/b21-10-. The van der Waals surface area contributed by atoms with E-state index >= 15 is 0 Å². The van der Waals surface area contributed by atoms with E-state index in [1.807, 2.05) is 12.1 Å². The molecule has 0 spiro atoms. The second kappa shape index (κ2) is 7.52. The number of halogens is 2. The van der Waals surface area contributed by atoms with Crippen molar-refractivity contribution in [2.24, 2.45) is 5.10 Å². The fourth-order valence-electron chi connectivity index (χ4n) is 2.34. The normalized spacial score (nSPS) is 11.6. The Balaban J connectivity index is 1.95. The number of hydrogen-bond acceptors (Lipinski definition) is 3. The van der Waals surface area contributed by atoms with E-state index in [4.69, 9.17) is 35.4 Å². The summed E-state index contributed by atoms with van der Waals surface area (Å²) in [4.78, 5) is 0. The molecule has 0 amide bonds. The maximum atomic E-state index is 6.27. The van der Waals surface area contributed by atoms with Gasteiger partial charge in [0.05, 0.1) is 11.2 Å². The first-order chi connectivity index (χ1) is 12.0. The smallest absolute Gasteiger partial charge is 0.216 e. The van der Waals surface area contributed by atoms with Crippen LogP contribution in [0.4, 0.5) is 0 Å². The molecular weight excluding hydrogens is 375 g/mol. The van der Waals surface area contributed by atoms with Gasteiger partial charge < -0.3 is 0 Å². The number of aromatic amines is 1. The Morgan fingerprint density at radius 3 is 2.52 bits per heavy atom. The number of nitrogens with zero attached hydrogens (tertiary/aromatic N) is 3. The van der Waals surface area contributed by atoms with Crippen LogP contribution in [0.2, 0.25) is 10.0 Å². The number of nitrogens with one attached hydrogen (secondary N) is 1. The monoisotopic (exact) mass is 390 g/mol. The molecule has 0 aliphatic rings. The minimum atomic E-state index is 0.385. The molecule has 0 bridgehead atoms. The van der Waals surface area contributed by atoms with E-state index in [0.717, 1.165) is 5.56 Å². The van der Waals surface area contributed by atoms with Gasteiger partial charge in [-0.2, -0.15) is 14.9 Å². The van der Waals surface area contributed by atoms with Crippen LogP contribution >= 0.6 is 35.4 Å². The fourth-order valence-corrected chi connectivity index (χ4v) is 3.01. The summed E-state index contributed by atoms with van der Waals surface area (Å²) in [6.07, 6.45) is 1.74. The van der Waals surface area contributed by atoms with Gasteiger partial charge in [-0.25, -0.2) is 5.10 Å². The number of H-pyrrole nitrogens is 1. The first-order valence-electron chi connectivity index (χ1n) is 7.73. The van der Waals surface area contributed by atoms with Gasteiger partial charge in [-0.1, -0.05) is 61.3 Å². The van der Waals surface area contributed by atoms with Gasteiger partial charge in [0, 0.05) is 10.6 Å². The molecule has 0 aliphatic heterocycles. The SMILES string of the molecule is CC(C)c1ccc(/C=N\n2c(-c3ccc(Cl)cc3Cl)n[nH]c2=S)cc1. The Morgan fingerprint density at radius 2 is 1.88 bits per heavy atom. The molecule has 1 heterocycles. The predicted molar refractivity (Wildman–Crippen MR) is 106 cm³/mol. The zero-order valence-electron chi connectivity index (χ0n) is 13.7. The summed E-state index contributed by atoms with van der Waals surface area (Å²) in [5, 5.41) is 12.5. The Morgan fingerprint density at radius 1 is 1.16 bits per heavy atom. The van der Waals surface area contributed by atoms with Gasteiger partial charge in [-0.05, 0) is 47.5 Å². The zero-order valence-corrected chi connectivity index (χ0v) is 16.0. The predicted octanol–water partition coefficient (Wildman–Crippen LogP) is 5.92. The second-order valence-corrected chi connectivity index (χ2v) is 7.08. The molecule has 0 aliphatic carbocycles. The molecule has 2 aromatic carbocycles. The maximum Gasteiger partial charge on any atom is 0.216 e. The molecule has 0 saturated heterocycles. The number of rotatable bonds is 4. The molecule has 0 saturated carbocycles. The van der Waals surface area contributed by atoms with Crippen molar-refractivity contribution < 1.29 is 0 Å². The molecule has 25 heavy (non-hydrogen) atoms. The van der Waals surface area contributed by atoms with Crippen molar-refractivity contribution in [3.8, 4) is 11.4 Å². The molecule has 3 rings (SSSR count). The van der Waals surface area contributed by atoms with Crippen molar-refractivity contribution in [2.75, 3.05) is 0 Å². The van der Waals surface area contributed by atoms with E-state index in [0.29, 0.717) is 32.1 Å². The van der Waals surface area contributed by atoms with Crippen LogP contribution in [0.15, 0.2) is 47.6 Å². The van der Waals surface area contributed by atoms with Crippen LogP contribution in [0, 0.1) is 4.77 Å². The van der Waals surface area contributed by atoms with E-state index in [2.05, 4.69) is 41.3 Å². The third kappa shape index (κ3) is 4.00. The van der Waals surface area contributed by atoms with Crippen molar-refractivity contribution in [1.29, 1.82) is 0 Å². The number of hydrogen-bond donors (Lipinski definition) is 1. The highest BCUT2D eigenvalue weighted by atomic mass is 35.5. The molecule has 1 aromatic heterocycles. The average Bonchev–Trinajstić information content (AvgIpc) is 2.94. The first-order valence-corrected chi connectivity index (χ1v) is 8.89. The third-order valence-corrected chi connectivity index (χ3v) is 4.56. The van der Waals surface area contributed by atoms with Crippen LogP contribution < -0.4 is 0 Å². The Hall–Kier alpha value is -1.95. The quantitative estimate of drug-likeness (QED) is 0.443. The van der Waals surface area contributed by atoms with Crippen LogP contribution in [0.5, 0.6) is 0 Å². The summed E-state index contributed by atoms with van der Waals surface area (Å²) < 4.78 is 1.93. The second-order valence-electron chi connectivity index (χ2n) is 5.85. The Labute approximate surface area is 161 Å². The molecule has 3 aromatic rings. The lowest BCUT2D eigenvalue weighted by molar-refractivity contribution is 0.865. The minimum absolute atomic E-state index is 0.385. The Bertz CT molecular complexity index is 971. The van der Waals surface area contributed by atoms with Crippen LogP contribution in [-0.4, -0.2) is 21.1 Å². The van der Waals surface area contributed by atoms with Crippen molar-refractivity contribution in [2.45, 2.75) is 19.8 Å². The van der Waals surface area contributed by atoms with Gasteiger partial charge >= 0.3 is 0 Å². The van der Waals surface area contributed by atoms with Gasteiger partial charge in [0.25, 0.3) is 0 Å². The molecule has 0 fully saturated rings. The van der Waals surface area contributed by atoms with E-state index in [1.165, 1.54) is 5.56 Å². The molecule has 7 heteroatoms. The highest BCUT2D eigenvalue weighted by Gasteiger charge is 2.12. The summed E-state index contributed by atoms with van der Waals surface area (Å²) in [6, 6.07) is 13.4. The minimum Gasteiger partial charge on any atom is -0.250 e. The van der Waals surface area contributed by atoms with Crippen molar-refractivity contribution in [3.63, 3.8) is 0 Å². The molecule has 1 N–H and O–H groups in total. The third-order valence-electron chi connectivity index (χ3n) is 3.75. The lowest BCUT2D eigenvalue weighted by atomic mass is 10.0. The van der Waals surface area contributed by atoms with Gasteiger partial charge in [-0.3, -0.25) is 0 Å². The summed E-state index contributed by atoms with van der Waals surface area (Å²) in [7, 11) is 0. The number of aromatic nitrogens is 3. The molecule has 0 unspecified atom stereocenters. The van der Waals surface area contributed by atoms with Crippen molar-refractivity contribution in [1.82, 2.24) is 14.9 Å². The van der Waals surface area contributed by atoms with E-state index < -0.39 is 0 Å². The van der Waals surface area contributed by atoms with E-state index in [9.17, 15) is 0 Å². The fraction of sp³-hybridized carbons (Fsp3) is 0.167. The lowest BCUT2D eigenvalue weighted by Gasteiger charge is -2.05. The van der Waals surface area contributed by atoms with Gasteiger partial charge in [0.2, 0.25) is 4.77 Å².